The summed E-state index contributed by atoms with van der Waals surface area (Å²) in [6, 6.07) is 2.65. The van der Waals surface area contributed by atoms with E-state index in [1.807, 2.05) is 0 Å². The molecule has 1 aliphatic carbocycles. The minimum Gasteiger partial charge on any atom is -0.401 e. The Kier molecular flexibility index (Phi) is 9.17. The molecule has 2 heterocycles. The summed E-state index contributed by atoms with van der Waals surface area (Å²) >= 11 is 12.3. The molecular formula is C26H26Cl2F6N6O2. The number of nitrogens with two attached hydrogens (primary N) is 1. The van der Waals surface area contributed by atoms with Crippen molar-refractivity contribution in [2.45, 2.75) is 50.6 Å². The zero-order valence-corrected chi connectivity index (χ0v) is 23.6. The highest BCUT2D eigenvalue weighted by molar-refractivity contribution is 6.36. The maximum absolute atomic E-state index is 13.8. The average Bonchev–Trinajstić information content (AvgIpc) is 3.72. The molecule has 42 heavy (non-hydrogen) atoms. The Balaban J connectivity index is 1.63. The summed E-state index contributed by atoms with van der Waals surface area (Å²) in [7, 11) is 0. The van der Waals surface area contributed by atoms with Crippen LogP contribution >= 0.6 is 23.2 Å². The molecular weight excluding hydrogens is 613 g/mol. The summed E-state index contributed by atoms with van der Waals surface area (Å²) in [4.78, 5) is 33.9. The number of aromatic nitrogens is 1. The Morgan fingerprint density at radius 1 is 1.14 bits per heavy atom. The minimum absolute atomic E-state index is 0.0221. The monoisotopic (exact) mass is 638 g/mol. The van der Waals surface area contributed by atoms with Crippen LogP contribution in [-0.4, -0.2) is 65.8 Å². The van der Waals surface area contributed by atoms with Gasteiger partial charge in [0.1, 0.15) is 6.54 Å². The second-order valence-electron chi connectivity index (χ2n) is 10.2. The molecule has 2 aliphatic rings. The first-order valence-electron chi connectivity index (χ1n) is 12.8. The summed E-state index contributed by atoms with van der Waals surface area (Å²) in [5.74, 6) is -1.31. The third-order valence-corrected chi connectivity index (χ3v) is 7.40. The number of allylic oxidation sites excluding steroid dienone is 1. The summed E-state index contributed by atoms with van der Waals surface area (Å²) < 4.78 is 79.2. The molecule has 2 amide bonds. The largest absolute Gasteiger partial charge is 0.434 e. The van der Waals surface area contributed by atoms with Gasteiger partial charge in [-0.15, -0.1) is 0 Å². The standard InChI is InChI=1S/C26H26Cl2F6N6O2/c1-12(41)40-9-15(37-22-17-6-14(27)4-5-19(17)39-23(20(22)28)26(32,33)34)7-16(10-40)38-24(42)18(21(35)13-2-3-13)8-36-11-25(29,30)31/h4-6,8,13,15-16H,2-3,7,9-11,35H2,1H3,(H,37,39)(H,38,42)/b21-18+,36-8?/t15-,16+/m1/s1. The minimum atomic E-state index is -4.87. The first-order valence-corrected chi connectivity index (χ1v) is 13.5. The van der Waals surface area contributed by atoms with Crippen LogP contribution in [0.2, 0.25) is 10.0 Å². The lowest BCUT2D eigenvalue weighted by Gasteiger charge is -2.38. The lowest BCUT2D eigenvalue weighted by molar-refractivity contribution is -0.140. The zero-order valence-electron chi connectivity index (χ0n) is 22.0. The summed E-state index contributed by atoms with van der Waals surface area (Å²) in [5, 5.41) is 5.43. The Morgan fingerprint density at radius 3 is 2.40 bits per heavy atom. The van der Waals surface area contributed by atoms with E-state index in [4.69, 9.17) is 28.9 Å². The van der Waals surface area contributed by atoms with E-state index in [1.54, 1.807) is 0 Å². The predicted octanol–water partition coefficient (Wildman–Crippen LogP) is 5.33. The van der Waals surface area contributed by atoms with E-state index in [0.29, 0.717) is 12.8 Å². The van der Waals surface area contributed by atoms with Gasteiger partial charge in [-0.3, -0.25) is 14.6 Å². The molecule has 0 spiro atoms. The fourth-order valence-corrected chi connectivity index (χ4v) is 5.17. The third-order valence-electron chi connectivity index (χ3n) is 6.80. The van der Waals surface area contributed by atoms with Crippen molar-refractivity contribution < 1.29 is 35.9 Å². The number of hydrogen-bond acceptors (Lipinski definition) is 6. The number of likely N-dealkylation sites (tertiary alicyclic amines) is 1. The number of benzene rings is 1. The van der Waals surface area contributed by atoms with Gasteiger partial charge in [-0.25, -0.2) is 4.98 Å². The molecule has 2 fully saturated rings. The molecule has 0 unspecified atom stereocenters. The Morgan fingerprint density at radius 2 is 1.81 bits per heavy atom. The van der Waals surface area contributed by atoms with Crippen molar-refractivity contribution in [3.8, 4) is 0 Å². The number of nitrogens with one attached hydrogen (secondary N) is 2. The quantitative estimate of drug-likeness (QED) is 0.215. The molecule has 1 saturated carbocycles. The van der Waals surface area contributed by atoms with Gasteiger partial charge in [0.2, 0.25) is 5.91 Å². The van der Waals surface area contributed by atoms with E-state index in [1.165, 1.54) is 30.0 Å². The summed E-state index contributed by atoms with van der Waals surface area (Å²) in [6.07, 6.45) is -7.18. The number of piperidine rings is 1. The summed E-state index contributed by atoms with van der Waals surface area (Å²) in [5.41, 5.74) is 4.53. The molecule has 4 N–H and O–H groups in total. The second-order valence-corrected chi connectivity index (χ2v) is 11.0. The Labute approximate surface area is 246 Å². The molecule has 2 atom stereocenters. The second kappa shape index (κ2) is 12.2. The van der Waals surface area contributed by atoms with Crippen LogP contribution in [0.5, 0.6) is 0 Å². The highest BCUT2D eigenvalue weighted by Gasteiger charge is 2.38. The van der Waals surface area contributed by atoms with Gasteiger partial charge in [0.25, 0.3) is 5.91 Å². The molecule has 1 aromatic carbocycles. The topological polar surface area (TPSA) is 113 Å². The number of rotatable bonds is 7. The fourth-order valence-electron chi connectivity index (χ4n) is 4.69. The highest BCUT2D eigenvalue weighted by Crippen LogP contribution is 2.42. The third kappa shape index (κ3) is 7.77. The van der Waals surface area contributed by atoms with Crippen molar-refractivity contribution in [2.24, 2.45) is 16.6 Å². The van der Waals surface area contributed by atoms with Gasteiger partial charge >= 0.3 is 12.4 Å². The number of fused-ring (bicyclic) bond motifs is 1. The van der Waals surface area contributed by atoms with Crippen LogP contribution in [0.25, 0.3) is 10.9 Å². The van der Waals surface area contributed by atoms with Crippen molar-refractivity contribution in [1.82, 2.24) is 15.2 Å². The molecule has 8 nitrogen and oxygen atoms in total. The van der Waals surface area contributed by atoms with Gasteiger partial charge in [0.15, 0.2) is 5.69 Å². The maximum Gasteiger partial charge on any atom is 0.434 e. The van der Waals surface area contributed by atoms with E-state index in [2.05, 4.69) is 20.6 Å². The molecule has 1 saturated heterocycles. The molecule has 0 radical (unpaired) electrons. The van der Waals surface area contributed by atoms with Crippen LogP contribution in [0.3, 0.4) is 0 Å². The van der Waals surface area contributed by atoms with E-state index >= 15 is 0 Å². The predicted molar refractivity (Wildman–Crippen MR) is 146 cm³/mol. The van der Waals surface area contributed by atoms with Gasteiger partial charge in [0, 0.05) is 54.4 Å². The number of alkyl halides is 6. The average molecular weight is 639 g/mol. The number of nitrogens with zero attached hydrogens (tertiary/aromatic N) is 3. The number of carbonyl (C=O) groups is 2. The highest BCUT2D eigenvalue weighted by atomic mass is 35.5. The van der Waals surface area contributed by atoms with Gasteiger partial charge in [-0.1, -0.05) is 23.2 Å². The molecule has 1 aliphatic heterocycles. The van der Waals surface area contributed by atoms with Crippen LogP contribution in [-0.2, 0) is 15.8 Å². The maximum atomic E-state index is 13.8. The lowest BCUT2D eigenvalue weighted by atomic mass is 9.99. The fraction of sp³-hybridized carbons (Fsp3) is 0.462. The van der Waals surface area contributed by atoms with Crippen molar-refractivity contribution in [3.63, 3.8) is 0 Å². The lowest BCUT2D eigenvalue weighted by Crippen LogP contribution is -2.56. The molecule has 16 heteroatoms. The van der Waals surface area contributed by atoms with E-state index in [-0.39, 0.29) is 64.2 Å². The first kappa shape index (κ1) is 31.7. The number of halogens is 8. The Hall–Kier alpha value is -3.26. The molecule has 2 aromatic rings. The van der Waals surface area contributed by atoms with Crippen LogP contribution in [0.15, 0.2) is 34.5 Å². The van der Waals surface area contributed by atoms with Crippen LogP contribution < -0.4 is 16.4 Å². The van der Waals surface area contributed by atoms with Gasteiger partial charge in [0.05, 0.1) is 21.8 Å². The number of amides is 2. The molecule has 1 aromatic heterocycles. The smallest absolute Gasteiger partial charge is 0.401 e. The number of aliphatic imine (C=N–C) groups is 1. The van der Waals surface area contributed by atoms with E-state index in [9.17, 15) is 35.9 Å². The zero-order chi connectivity index (χ0) is 31.0. The van der Waals surface area contributed by atoms with Gasteiger partial charge in [-0.05, 0) is 43.4 Å². The van der Waals surface area contributed by atoms with E-state index < -0.39 is 47.6 Å². The van der Waals surface area contributed by atoms with Crippen LogP contribution in [0.4, 0.5) is 32.0 Å². The molecule has 228 valence electrons. The van der Waals surface area contributed by atoms with Crippen molar-refractivity contribution >= 4 is 57.8 Å². The van der Waals surface area contributed by atoms with Crippen LogP contribution in [0, 0.1) is 5.92 Å². The SMILES string of the molecule is CC(=O)N1C[C@@H](NC(=O)/C(C=NCC(F)(F)F)=C(/N)C2CC2)C[C@@H](Nc2c(Cl)c(C(F)(F)F)nc3ccc(Cl)cc23)C1. The van der Waals surface area contributed by atoms with Crippen molar-refractivity contribution in [2.75, 3.05) is 25.0 Å². The summed E-state index contributed by atoms with van der Waals surface area (Å²) in [6.45, 7) is -0.110. The first-order chi connectivity index (χ1) is 19.5. The number of carbonyl (C=O) groups excluding carboxylic acids is 2. The normalized spacial score (nSPS) is 20.5. The van der Waals surface area contributed by atoms with Gasteiger partial charge in [-0.2, -0.15) is 26.3 Å². The molecule has 4 rings (SSSR count). The van der Waals surface area contributed by atoms with Gasteiger partial charge < -0.3 is 21.3 Å². The Bertz CT molecular complexity index is 1440. The van der Waals surface area contributed by atoms with Crippen molar-refractivity contribution in [3.05, 3.63) is 45.2 Å². The number of anilines is 1. The molecule has 0 bridgehead atoms. The van der Waals surface area contributed by atoms with Crippen molar-refractivity contribution in [1.29, 1.82) is 0 Å². The number of hydrogen-bond donors (Lipinski definition) is 3. The van der Waals surface area contributed by atoms with Crippen LogP contribution in [0.1, 0.15) is 31.9 Å². The number of pyridine rings is 1. The van der Waals surface area contributed by atoms with E-state index in [0.717, 1.165) is 6.21 Å².